The Bertz CT molecular complexity index is 1240. The fourth-order valence-corrected chi connectivity index (χ4v) is 4.17. The highest BCUT2D eigenvalue weighted by molar-refractivity contribution is 7.92. The van der Waals surface area contributed by atoms with Crippen LogP contribution < -0.4 is 10.0 Å². The summed E-state index contributed by atoms with van der Waals surface area (Å²) in [4.78, 5) is 24.6. The number of hydrogen-bond donors (Lipinski definition) is 2. The topological polar surface area (TPSA) is 102 Å². The Balaban J connectivity index is 1.61. The van der Waals surface area contributed by atoms with E-state index in [2.05, 4.69) is 10.0 Å². The second-order valence-electron chi connectivity index (χ2n) is 7.63. The van der Waals surface area contributed by atoms with E-state index < -0.39 is 28.0 Å². The van der Waals surface area contributed by atoms with Gasteiger partial charge in [-0.3, -0.25) is 9.52 Å². The van der Waals surface area contributed by atoms with Gasteiger partial charge in [0, 0.05) is 6.54 Å². The molecule has 3 aromatic rings. The van der Waals surface area contributed by atoms with Crippen molar-refractivity contribution in [1.29, 1.82) is 0 Å². The van der Waals surface area contributed by atoms with Crippen LogP contribution in [0.5, 0.6) is 0 Å². The lowest BCUT2D eigenvalue weighted by Gasteiger charge is -2.14. The number of nitrogens with one attached hydrogen (secondary N) is 2. The van der Waals surface area contributed by atoms with E-state index in [0.717, 1.165) is 16.7 Å². The molecule has 0 saturated carbocycles. The molecule has 0 spiro atoms. The Labute approximate surface area is 193 Å². The van der Waals surface area contributed by atoms with Crippen molar-refractivity contribution in [2.45, 2.75) is 38.3 Å². The van der Waals surface area contributed by atoms with Gasteiger partial charge in [-0.15, -0.1) is 0 Å². The zero-order chi connectivity index (χ0) is 24.0. The summed E-state index contributed by atoms with van der Waals surface area (Å²) < 4.78 is 33.2. The van der Waals surface area contributed by atoms with Gasteiger partial charge in [0.05, 0.1) is 16.1 Å². The van der Waals surface area contributed by atoms with Crippen LogP contribution in [-0.4, -0.2) is 26.4 Å². The Morgan fingerprint density at radius 2 is 1.58 bits per heavy atom. The van der Waals surface area contributed by atoms with Crippen molar-refractivity contribution in [3.8, 4) is 0 Å². The van der Waals surface area contributed by atoms with Crippen molar-refractivity contribution in [1.82, 2.24) is 5.32 Å². The number of anilines is 1. The van der Waals surface area contributed by atoms with Gasteiger partial charge in [0.25, 0.3) is 15.9 Å². The molecule has 0 radical (unpaired) electrons. The van der Waals surface area contributed by atoms with E-state index in [1.165, 1.54) is 31.2 Å². The van der Waals surface area contributed by atoms with Crippen LogP contribution >= 0.6 is 0 Å². The standard InChI is InChI=1S/C25H26N2O5S/c1-17-8-7-11-23(18(17)2)27-33(30,31)22-14-12-21(13-15-22)25(29)32-19(3)24(28)26-16-20-9-5-4-6-10-20/h4-15,19,27H,16H2,1-3H3,(H,26,28). The number of rotatable bonds is 8. The highest BCUT2D eigenvalue weighted by Gasteiger charge is 2.20. The maximum Gasteiger partial charge on any atom is 0.338 e. The van der Waals surface area contributed by atoms with E-state index in [4.69, 9.17) is 4.74 Å². The predicted octanol–water partition coefficient (Wildman–Crippen LogP) is 3.97. The van der Waals surface area contributed by atoms with E-state index in [9.17, 15) is 18.0 Å². The normalized spacial score (nSPS) is 12.0. The molecular formula is C25H26N2O5S. The molecular weight excluding hydrogens is 440 g/mol. The van der Waals surface area contributed by atoms with Crippen LogP contribution in [0.3, 0.4) is 0 Å². The molecule has 0 aliphatic heterocycles. The smallest absolute Gasteiger partial charge is 0.338 e. The Hall–Kier alpha value is -3.65. The number of sulfonamides is 1. The van der Waals surface area contributed by atoms with E-state index in [1.54, 1.807) is 12.1 Å². The largest absolute Gasteiger partial charge is 0.449 e. The molecule has 0 aromatic heterocycles. The van der Waals surface area contributed by atoms with Crippen LogP contribution in [0.15, 0.2) is 77.7 Å². The van der Waals surface area contributed by atoms with Crippen LogP contribution in [0.25, 0.3) is 0 Å². The van der Waals surface area contributed by atoms with Crippen molar-refractivity contribution < 1.29 is 22.7 Å². The Morgan fingerprint density at radius 1 is 0.909 bits per heavy atom. The van der Waals surface area contributed by atoms with Gasteiger partial charge >= 0.3 is 5.97 Å². The van der Waals surface area contributed by atoms with Crippen molar-refractivity contribution in [3.63, 3.8) is 0 Å². The zero-order valence-electron chi connectivity index (χ0n) is 18.7. The molecule has 0 fully saturated rings. The molecule has 0 aliphatic carbocycles. The van der Waals surface area contributed by atoms with Gasteiger partial charge in [-0.05, 0) is 67.8 Å². The monoisotopic (exact) mass is 466 g/mol. The molecule has 33 heavy (non-hydrogen) atoms. The third kappa shape index (κ3) is 6.20. The molecule has 7 nitrogen and oxygen atoms in total. The zero-order valence-corrected chi connectivity index (χ0v) is 19.5. The number of amides is 1. The molecule has 1 atom stereocenters. The van der Waals surface area contributed by atoms with Crippen LogP contribution in [0.4, 0.5) is 5.69 Å². The molecule has 1 unspecified atom stereocenters. The van der Waals surface area contributed by atoms with Crippen LogP contribution in [0, 0.1) is 13.8 Å². The first-order valence-electron chi connectivity index (χ1n) is 10.4. The van der Waals surface area contributed by atoms with E-state index in [0.29, 0.717) is 12.2 Å². The summed E-state index contributed by atoms with van der Waals surface area (Å²) in [5.41, 5.74) is 3.36. The van der Waals surface area contributed by atoms with Crippen LogP contribution in [0.1, 0.15) is 34.0 Å². The minimum Gasteiger partial charge on any atom is -0.449 e. The van der Waals surface area contributed by atoms with Gasteiger partial charge in [-0.25, -0.2) is 13.2 Å². The summed E-state index contributed by atoms with van der Waals surface area (Å²) in [7, 11) is -3.83. The second kappa shape index (κ2) is 10.3. The molecule has 0 aliphatic rings. The number of hydrogen-bond acceptors (Lipinski definition) is 5. The van der Waals surface area contributed by atoms with Gasteiger partial charge in [-0.2, -0.15) is 0 Å². The predicted molar refractivity (Wildman–Crippen MR) is 126 cm³/mol. The third-order valence-electron chi connectivity index (χ3n) is 5.21. The quantitative estimate of drug-likeness (QED) is 0.489. The summed E-state index contributed by atoms with van der Waals surface area (Å²) in [5.74, 6) is -1.15. The number of aryl methyl sites for hydroxylation is 1. The van der Waals surface area contributed by atoms with Gasteiger partial charge in [0.1, 0.15) is 0 Å². The third-order valence-corrected chi connectivity index (χ3v) is 6.59. The molecule has 3 aromatic carbocycles. The fourth-order valence-electron chi connectivity index (χ4n) is 3.05. The van der Waals surface area contributed by atoms with Crippen molar-refractivity contribution in [2.24, 2.45) is 0 Å². The van der Waals surface area contributed by atoms with E-state index >= 15 is 0 Å². The summed E-state index contributed by atoms with van der Waals surface area (Å²) >= 11 is 0. The lowest BCUT2D eigenvalue weighted by Crippen LogP contribution is -2.35. The van der Waals surface area contributed by atoms with Crippen molar-refractivity contribution in [2.75, 3.05) is 4.72 Å². The lowest BCUT2D eigenvalue weighted by molar-refractivity contribution is -0.129. The Morgan fingerprint density at radius 3 is 2.24 bits per heavy atom. The fraction of sp³-hybridized carbons (Fsp3) is 0.200. The summed E-state index contributed by atoms with van der Waals surface area (Å²) in [5, 5.41) is 2.71. The minimum atomic E-state index is -3.83. The van der Waals surface area contributed by atoms with Crippen molar-refractivity contribution in [3.05, 3.63) is 95.1 Å². The van der Waals surface area contributed by atoms with E-state index in [1.807, 2.05) is 50.2 Å². The van der Waals surface area contributed by atoms with Gasteiger partial charge < -0.3 is 10.1 Å². The molecule has 172 valence electrons. The summed E-state index contributed by atoms with van der Waals surface area (Å²) in [6.45, 7) is 5.53. The molecule has 1 amide bonds. The van der Waals surface area contributed by atoms with Gasteiger partial charge in [-0.1, -0.05) is 42.5 Å². The number of benzene rings is 3. The lowest BCUT2D eigenvalue weighted by atomic mass is 10.1. The molecule has 0 heterocycles. The average Bonchev–Trinajstić information content (AvgIpc) is 2.81. The summed E-state index contributed by atoms with van der Waals surface area (Å²) in [6.07, 6.45) is -1.00. The second-order valence-corrected chi connectivity index (χ2v) is 9.31. The SMILES string of the molecule is Cc1cccc(NS(=O)(=O)c2ccc(C(=O)OC(C)C(=O)NCc3ccccc3)cc2)c1C. The maximum atomic E-state index is 12.7. The molecule has 2 N–H and O–H groups in total. The highest BCUT2D eigenvalue weighted by Crippen LogP contribution is 2.22. The Kier molecular flexibility index (Phi) is 7.50. The van der Waals surface area contributed by atoms with E-state index in [-0.39, 0.29) is 10.5 Å². The average molecular weight is 467 g/mol. The van der Waals surface area contributed by atoms with Crippen LogP contribution in [-0.2, 0) is 26.1 Å². The molecule has 8 heteroatoms. The maximum absolute atomic E-state index is 12.7. The number of ether oxygens (including phenoxy) is 1. The molecule has 0 saturated heterocycles. The van der Waals surface area contributed by atoms with Gasteiger partial charge in [0.2, 0.25) is 0 Å². The minimum absolute atomic E-state index is 0.00797. The first-order chi connectivity index (χ1) is 15.7. The highest BCUT2D eigenvalue weighted by atomic mass is 32.2. The number of carbonyl (C=O) groups is 2. The first kappa shape index (κ1) is 24.0. The molecule has 3 rings (SSSR count). The number of esters is 1. The van der Waals surface area contributed by atoms with Crippen molar-refractivity contribution >= 4 is 27.6 Å². The van der Waals surface area contributed by atoms with Crippen LogP contribution in [0.2, 0.25) is 0 Å². The molecule has 0 bridgehead atoms. The first-order valence-corrected chi connectivity index (χ1v) is 11.9. The number of carbonyl (C=O) groups excluding carboxylic acids is 2. The van der Waals surface area contributed by atoms with Gasteiger partial charge in [0.15, 0.2) is 6.10 Å². The summed E-state index contributed by atoms with van der Waals surface area (Å²) in [6, 6.07) is 20.1.